The summed E-state index contributed by atoms with van der Waals surface area (Å²) in [5, 5.41) is 13.1. The maximum absolute atomic E-state index is 14.8. The number of methoxy groups -OCH3 is 3. The van der Waals surface area contributed by atoms with Crippen molar-refractivity contribution in [1.29, 1.82) is 0 Å². The number of hydrogen-bond acceptors (Lipinski definition) is 8. The van der Waals surface area contributed by atoms with Gasteiger partial charge in [0.25, 0.3) is 0 Å². The van der Waals surface area contributed by atoms with Crippen LogP contribution in [0, 0.1) is 5.82 Å². The third-order valence-electron chi connectivity index (χ3n) is 4.46. The van der Waals surface area contributed by atoms with Gasteiger partial charge in [0.15, 0.2) is 22.5 Å². The molecule has 0 unspecified atom stereocenters. The summed E-state index contributed by atoms with van der Waals surface area (Å²) in [5.41, 5.74) is 0.697. The molecule has 33 heavy (non-hydrogen) atoms. The minimum atomic E-state index is -0.630. The average Bonchev–Trinajstić information content (AvgIpc) is 3.25. The minimum Gasteiger partial charge on any atom is -0.493 e. The van der Waals surface area contributed by atoms with Crippen LogP contribution in [0.1, 0.15) is 0 Å². The molecule has 12 heteroatoms. The van der Waals surface area contributed by atoms with Crippen molar-refractivity contribution in [2.75, 3.05) is 34.1 Å². The van der Waals surface area contributed by atoms with E-state index < -0.39 is 17.8 Å². The van der Waals surface area contributed by atoms with Crippen molar-refractivity contribution in [3.8, 4) is 34.3 Å². The van der Waals surface area contributed by atoms with Gasteiger partial charge in [-0.1, -0.05) is 23.9 Å². The molecule has 0 bridgehead atoms. The van der Waals surface area contributed by atoms with Crippen molar-refractivity contribution in [3.63, 3.8) is 0 Å². The van der Waals surface area contributed by atoms with E-state index in [9.17, 15) is 14.0 Å². The molecule has 0 spiro atoms. The Hall–Kier alpha value is -3.80. The normalized spacial score (nSPS) is 10.5. The molecule has 10 nitrogen and oxygen atoms in total. The lowest BCUT2D eigenvalue weighted by Gasteiger charge is -2.15. The fraction of sp³-hybridized carbons (Fsp3) is 0.238. The molecule has 3 aromatic rings. The summed E-state index contributed by atoms with van der Waals surface area (Å²) in [7, 11) is 5.85. The summed E-state index contributed by atoms with van der Waals surface area (Å²) >= 11 is 0.998. The van der Waals surface area contributed by atoms with Crippen LogP contribution in [0.5, 0.6) is 17.2 Å². The predicted molar refractivity (Wildman–Crippen MR) is 120 cm³/mol. The fourth-order valence-corrected chi connectivity index (χ4v) is 3.71. The van der Waals surface area contributed by atoms with Crippen molar-refractivity contribution >= 4 is 23.7 Å². The maximum atomic E-state index is 14.8. The van der Waals surface area contributed by atoms with Gasteiger partial charge in [-0.05, 0) is 24.3 Å². The molecule has 1 aromatic heterocycles. The van der Waals surface area contributed by atoms with E-state index in [2.05, 4.69) is 20.8 Å². The third-order valence-corrected chi connectivity index (χ3v) is 5.39. The van der Waals surface area contributed by atoms with Gasteiger partial charge in [0.2, 0.25) is 11.7 Å². The average molecular weight is 476 g/mol. The smallest absolute Gasteiger partial charge is 0.321 e. The number of benzene rings is 2. The van der Waals surface area contributed by atoms with E-state index in [1.807, 2.05) is 0 Å². The number of aromatic nitrogens is 3. The van der Waals surface area contributed by atoms with Gasteiger partial charge < -0.3 is 19.5 Å². The van der Waals surface area contributed by atoms with E-state index >= 15 is 0 Å². The zero-order chi connectivity index (χ0) is 24.0. The number of halogens is 1. The number of imide groups is 1. The molecule has 0 aliphatic heterocycles. The molecular weight excluding hydrogens is 453 g/mol. The molecule has 0 saturated carbocycles. The standard InChI is InChI=1S/C21H22FN5O5S/c1-23-20(29)24-17(28)11-33-21-26-25-19(27(21)14-8-6-5-7-13(14)22)12-9-15(30-2)18(32-4)16(10-12)31-3/h5-10H,11H2,1-4H3,(H2,23,24,28,29). The zero-order valence-electron chi connectivity index (χ0n) is 18.3. The highest BCUT2D eigenvalue weighted by molar-refractivity contribution is 7.99. The summed E-state index contributed by atoms with van der Waals surface area (Å²) in [5.74, 6) is 0.243. The number of thioether (sulfide) groups is 1. The highest BCUT2D eigenvalue weighted by Gasteiger charge is 2.23. The van der Waals surface area contributed by atoms with Crippen LogP contribution >= 0.6 is 11.8 Å². The molecule has 174 valence electrons. The number of nitrogens with zero attached hydrogens (tertiary/aromatic N) is 3. The van der Waals surface area contributed by atoms with Crippen LogP contribution in [0.25, 0.3) is 17.1 Å². The molecule has 2 aromatic carbocycles. The molecule has 0 aliphatic carbocycles. The number of ether oxygens (including phenoxy) is 3. The van der Waals surface area contributed by atoms with Crippen LogP contribution in [-0.2, 0) is 4.79 Å². The van der Waals surface area contributed by atoms with Crippen LogP contribution < -0.4 is 24.8 Å². The molecule has 1 heterocycles. The summed E-state index contributed by atoms with van der Waals surface area (Å²) in [4.78, 5) is 23.4. The van der Waals surface area contributed by atoms with Crippen molar-refractivity contribution in [2.45, 2.75) is 5.16 Å². The first-order valence-electron chi connectivity index (χ1n) is 9.58. The van der Waals surface area contributed by atoms with Crippen molar-refractivity contribution in [3.05, 3.63) is 42.2 Å². The highest BCUT2D eigenvalue weighted by Crippen LogP contribution is 2.41. The van der Waals surface area contributed by atoms with Gasteiger partial charge in [0, 0.05) is 12.6 Å². The van der Waals surface area contributed by atoms with Gasteiger partial charge in [-0.2, -0.15) is 0 Å². The fourth-order valence-electron chi connectivity index (χ4n) is 2.97. The van der Waals surface area contributed by atoms with Gasteiger partial charge in [-0.15, -0.1) is 10.2 Å². The predicted octanol–water partition coefficient (Wildman–Crippen LogP) is 2.65. The summed E-state index contributed by atoms with van der Waals surface area (Å²) in [6.45, 7) is 0. The Labute approximate surface area is 193 Å². The van der Waals surface area contributed by atoms with Crippen molar-refractivity contribution in [2.24, 2.45) is 0 Å². The number of carbonyl (C=O) groups excluding carboxylic acids is 2. The van der Waals surface area contributed by atoms with Crippen molar-refractivity contribution < 1.29 is 28.2 Å². The second-order valence-electron chi connectivity index (χ2n) is 6.42. The van der Waals surface area contributed by atoms with E-state index in [1.165, 1.54) is 39.0 Å². The topological polar surface area (TPSA) is 117 Å². The Morgan fingerprint density at radius 1 is 1.06 bits per heavy atom. The Morgan fingerprint density at radius 2 is 1.73 bits per heavy atom. The number of hydrogen-bond donors (Lipinski definition) is 2. The van der Waals surface area contributed by atoms with E-state index in [0.29, 0.717) is 22.8 Å². The number of para-hydroxylation sites is 1. The Morgan fingerprint density at radius 3 is 2.30 bits per heavy atom. The maximum Gasteiger partial charge on any atom is 0.321 e. The molecule has 0 saturated heterocycles. The van der Waals surface area contributed by atoms with Gasteiger partial charge in [-0.25, -0.2) is 9.18 Å². The van der Waals surface area contributed by atoms with Crippen LogP contribution in [0.2, 0.25) is 0 Å². The SMILES string of the molecule is CNC(=O)NC(=O)CSc1nnc(-c2cc(OC)c(OC)c(OC)c2)n1-c1ccccc1F. The monoisotopic (exact) mass is 475 g/mol. The second kappa shape index (κ2) is 10.7. The molecule has 0 radical (unpaired) electrons. The first-order valence-corrected chi connectivity index (χ1v) is 10.6. The molecule has 0 aliphatic rings. The lowest BCUT2D eigenvalue weighted by Crippen LogP contribution is -2.38. The molecule has 3 rings (SSSR count). The van der Waals surface area contributed by atoms with Gasteiger partial charge in [0.05, 0.1) is 32.8 Å². The first-order chi connectivity index (χ1) is 15.9. The molecular formula is C21H22FN5O5S. The largest absolute Gasteiger partial charge is 0.493 e. The third kappa shape index (κ3) is 5.17. The van der Waals surface area contributed by atoms with E-state index in [-0.39, 0.29) is 22.4 Å². The van der Waals surface area contributed by atoms with Gasteiger partial charge >= 0.3 is 6.03 Å². The van der Waals surface area contributed by atoms with Crippen LogP contribution in [0.15, 0.2) is 41.6 Å². The Balaban J connectivity index is 2.09. The highest BCUT2D eigenvalue weighted by atomic mass is 32.2. The molecule has 2 N–H and O–H groups in total. The molecule has 3 amide bonds. The number of rotatable bonds is 8. The number of carbonyl (C=O) groups is 2. The number of urea groups is 1. The summed E-state index contributed by atoms with van der Waals surface area (Å²) < 4.78 is 32.4. The van der Waals surface area contributed by atoms with E-state index in [4.69, 9.17) is 14.2 Å². The quantitative estimate of drug-likeness (QED) is 0.478. The van der Waals surface area contributed by atoms with Crippen LogP contribution in [-0.4, -0.2) is 60.8 Å². The van der Waals surface area contributed by atoms with Gasteiger partial charge in [-0.3, -0.25) is 14.7 Å². The zero-order valence-corrected chi connectivity index (χ0v) is 19.2. The molecule has 0 fully saturated rings. The minimum absolute atomic E-state index is 0.144. The van der Waals surface area contributed by atoms with E-state index in [0.717, 1.165) is 11.8 Å². The van der Waals surface area contributed by atoms with Crippen LogP contribution in [0.4, 0.5) is 9.18 Å². The second-order valence-corrected chi connectivity index (χ2v) is 7.37. The summed E-state index contributed by atoms with van der Waals surface area (Å²) in [6.07, 6.45) is 0. The first kappa shape index (κ1) is 23.9. The summed E-state index contributed by atoms with van der Waals surface area (Å²) in [6, 6.07) is 8.80. The Bertz CT molecular complexity index is 1140. The Kier molecular flexibility index (Phi) is 7.72. The lowest BCUT2D eigenvalue weighted by molar-refractivity contribution is -0.117. The number of amides is 3. The number of nitrogens with one attached hydrogen (secondary N) is 2. The van der Waals surface area contributed by atoms with Gasteiger partial charge in [0.1, 0.15) is 5.82 Å². The lowest BCUT2D eigenvalue weighted by atomic mass is 10.1. The van der Waals surface area contributed by atoms with E-state index in [1.54, 1.807) is 30.3 Å². The molecule has 0 atom stereocenters. The van der Waals surface area contributed by atoms with Crippen LogP contribution in [0.3, 0.4) is 0 Å². The van der Waals surface area contributed by atoms with Crippen molar-refractivity contribution in [1.82, 2.24) is 25.4 Å².